The second kappa shape index (κ2) is 11.8. The van der Waals surface area contributed by atoms with Gasteiger partial charge in [0.25, 0.3) is 5.91 Å². The summed E-state index contributed by atoms with van der Waals surface area (Å²) in [6.07, 6.45) is 6.66. The number of carbonyl (C=O) groups is 1. The first-order chi connectivity index (χ1) is 18.4. The van der Waals surface area contributed by atoms with Crippen molar-refractivity contribution < 1.29 is 14.4 Å². The van der Waals surface area contributed by atoms with E-state index in [4.69, 9.17) is 9.59 Å². The Morgan fingerprint density at radius 3 is 2.68 bits per heavy atom. The van der Waals surface area contributed by atoms with Crippen LogP contribution < -0.4 is 10.6 Å². The van der Waals surface area contributed by atoms with Gasteiger partial charge in [-0.25, -0.2) is 9.97 Å². The monoisotopic (exact) mass is 509 g/mol. The van der Waals surface area contributed by atoms with Gasteiger partial charge < -0.3 is 15.6 Å². The molecule has 0 aliphatic carbocycles. The van der Waals surface area contributed by atoms with Gasteiger partial charge in [0.2, 0.25) is 0 Å². The van der Waals surface area contributed by atoms with Crippen molar-refractivity contribution in [3.05, 3.63) is 78.3 Å². The molecule has 0 radical (unpaired) electrons. The quantitative estimate of drug-likeness (QED) is 0.222. The molecule has 0 spiro atoms. The molecule has 1 atom stereocenters. The lowest BCUT2D eigenvalue weighted by Crippen LogP contribution is -2.32. The number of aromatic nitrogens is 5. The van der Waals surface area contributed by atoms with Crippen molar-refractivity contribution in [2.45, 2.75) is 33.2 Å². The molecule has 0 fully saturated rings. The number of nitrogens with one attached hydrogen (secondary N) is 4. The summed E-state index contributed by atoms with van der Waals surface area (Å²) in [6.45, 7) is 6.09. The fourth-order valence-corrected chi connectivity index (χ4v) is 4.08. The number of benzene rings is 2. The molecule has 0 aliphatic heterocycles. The first-order valence-corrected chi connectivity index (χ1v) is 12.0. The molecule has 5 rings (SSSR count). The van der Waals surface area contributed by atoms with Gasteiger partial charge in [0, 0.05) is 39.8 Å². The molecule has 2 aromatic carbocycles. The molecule has 3 aromatic heterocycles. The summed E-state index contributed by atoms with van der Waals surface area (Å²) in [5.74, 6) is 1.17. The molecule has 4 N–H and O–H groups in total. The first kappa shape index (κ1) is 26.0. The van der Waals surface area contributed by atoms with Gasteiger partial charge in [0.05, 0.1) is 11.7 Å². The van der Waals surface area contributed by atoms with Crippen LogP contribution in [0.4, 0.5) is 11.5 Å². The number of rotatable bonds is 7. The number of carbonyl (C=O) groups excluding carboxylic acids is 3. The fourth-order valence-electron chi connectivity index (χ4n) is 4.08. The lowest BCUT2D eigenvalue weighted by Gasteiger charge is -2.13. The highest BCUT2D eigenvalue weighted by Gasteiger charge is 2.14. The van der Waals surface area contributed by atoms with Gasteiger partial charge in [-0.15, -0.1) is 0 Å². The van der Waals surface area contributed by atoms with Crippen molar-refractivity contribution in [1.82, 2.24) is 30.5 Å². The normalized spacial score (nSPS) is 11.9. The average molecular weight is 510 g/mol. The van der Waals surface area contributed by atoms with Gasteiger partial charge >= 0.3 is 6.15 Å². The Labute approximate surface area is 218 Å². The number of hydrogen-bond donors (Lipinski definition) is 4. The highest BCUT2D eigenvalue weighted by Crippen LogP contribution is 2.25. The number of anilines is 2. The predicted molar refractivity (Wildman–Crippen MR) is 145 cm³/mol. The smallest absolute Gasteiger partial charge is 0.351 e. The number of hydrogen-bond acceptors (Lipinski definition) is 7. The second-order valence-electron chi connectivity index (χ2n) is 8.84. The Morgan fingerprint density at radius 2 is 1.89 bits per heavy atom. The lowest BCUT2D eigenvalue weighted by molar-refractivity contribution is -0.191. The van der Waals surface area contributed by atoms with Crippen molar-refractivity contribution in [3.8, 4) is 11.4 Å². The van der Waals surface area contributed by atoms with Crippen LogP contribution in [0.15, 0.2) is 72.6 Å². The number of nitrogens with zero attached hydrogens (tertiary/aromatic N) is 3. The van der Waals surface area contributed by atoms with Crippen LogP contribution in [0.5, 0.6) is 0 Å². The maximum atomic E-state index is 12.7. The summed E-state index contributed by atoms with van der Waals surface area (Å²) < 4.78 is 0. The molecule has 0 bridgehead atoms. The van der Waals surface area contributed by atoms with Gasteiger partial charge in [-0.1, -0.05) is 23.8 Å². The van der Waals surface area contributed by atoms with Gasteiger partial charge in [0.15, 0.2) is 5.82 Å². The third kappa shape index (κ3) is 6.18. The number of amides is 1. The summed E-state index contributed by atoms with van der Waals surface area (Å²) in [7, 11) is 0. The molecule has 192 valence electrons. The number of allylic oxidation sites excluding steroid dienone is 1. The summed E-state index contributed by atoms with van der Waals surface area (Å²) >= 11 is 0. The van der Waals surface area contributed by atoms with E-state index in [0.29, 0.717) is 17.3 Å². The third-order valence-electron chi connectivity index (χ3n) is 5.99. The second-order valence-corrected chi connectivity index (χ2v) is 8.84. The van der Waals surface area contributed by atoms with E-state index in [1.807, 2.05) is 62.4 Å². The Balaban J connectivity index is 0.00000107. The summed E-state index contributed by atoms with van der Waals surface area (Å²) in [5.41, 5.74) is 5.40. The molecule has 10 nitrogen and oxygen atoms in total. The van der Waals surface area contributed by atoms with Crippen molar-refractivity contribution in [2.24, 2.45) is 0 Å². The van der Waals surface area contributed by atoms with Gasteiger partial charge in [-0.05, 0) is 63.6 Å². The van der Waals surface area contributed by atoms with E-state index in [1.165, 1.54) is 5.57 Å². The third-order valence-corrected chi connectivity index (χ3v) is 5.99. The molecule has 0 saturated heterocycles. The van der Waals surface area contributed by atoms with Crippen molar-refractivity contribution in [2.75, 3.05) is 5.32 Å². The van der Waals surface area contributed by atoms with Crippen molar-refractivity contribution in [3.63, 3.8) is 0 Å². The van der Waals surface area contributed by atoms with Crippen LogP contribution in [0.3, 0.4) is 0 Å². The first-order valence-electron chi connectivity index (χ1n) is 12.0. The zero-order chi connectivity index (χ0) is 27.1. The predicted octanol–water partition coefficient (Wildman–Crippen LogP) is 5.14. The van der Waals surface area contributed by atoms with E-state index >= 15 is 0 Å². The van der Waals surface area contributed by atoms with Gasteiger partial charge in [-0.3, -0.25) is 9.89 Å². The lowest BCUT2D eigenvalue weighted by atomic mass is 10.1. The maximum Gasteiger partial charge on any atom is 0.373 e. The van der Waals surface area contributed by atoms with Crippen LogP contribution in [-0.2, 0) is 9.59 Å². The topological polar surface area (TPSA) is 146 Å². The van der Waals surface area contributed by atoms with E-state index in [-0.39, 0.29) is 18.1 Å². The van der Waals surface area contributed by atoms with E-state index in [2.05, 4.69) is 48.8 Å². The fraction of sp³-hybridized carbons (Fsp3) is 0.179. The SMILES string of the molecule is C/C=C(\C)CC(C)NC(=O)c1cc2ccc(-c3nccc(Nc4ccc5[nH]ncc5c4)n3)cc2[nH]1.O=C=O. The van der Waals surface area contributed by atoms with Crippen molar-refractivity contribution >= 4 is 45.4 Å². The van der Waals surface area contributed by atoms with E-state index in [1.54, 1.807) is 12.4 Å². The van der Waals surface area contributed by atoms with Crippen LogP contribution in [0, 0.1) is 0 Å². The molecular weight excluding hydrogens is 482 g/mol. The molecule has 3 heterocycles. The zero-order valence-electron chi connectivity index (χ0n) is 21.2. The number of aromatic amines is 2. The Bertz CT molecular complexity index is 1640. The van der Waals surface area contributed by atoms with Crippen LogP contribution in [0.2, 0.25) is 0 Å². The largest absolute Gasteiger partial charge is 0.373 e. The van der Waals surface area contributed by atoms with Crippen LogP contribution in [-0.4, -0.2) is 43.2 Å². The summed E-state index contributed by atoms with van der Waals surface area (Å²) in [5, 5.41) is 15.4. The Morgan fingerprint density at radius 1 is 1.08 bits per heavy atom. The van der Waals surface area contributed by atoms with Gasteiger partial charge in [0.1, 0.15) is 11.5 Å². The van der Waals surface area contributed by atoms with Crippen LogP contribution in [0.25, 0.3) is 33.2 Å². The minimum Gasteiger partial charge on any atom is -0.351 e. The molecule has 1 amide bonds. The average Bonchev–Trinajstić information content (AvgIpc) is 3.55. The van der Waals surface area contributed by atoms with E-state index < -0.39 is 0 Å². The summed E-state index contributed by atoms with van der Waals surface area (Å²) in [6, 6.07) is 15.6. The molecule has 0 aliphatic rings. The standard InChI is InChI=1S/C27H27N7O.CO2/c1-4-16(2)11-17(3)30-27(35)24-13-18-5-6-19(14-23(18)32-24)26-28-10-9-25(33-26)31-21-7-8-22-20(12-21)15-29-34-22;2-1-3/h4-10,12-15,17,32H,11H2,1-3H3,(H,29,34)(H,30,35)(H,28,31,33);/b16-4+;. The Hall–Kier alpha value is -5.08. The van der Waals surface area contributed by atoms with Gasteiger partial charge in [-0.2, -0.15) is 14.7 Å². The minimum absolute atomic E-state index is 0.0542. The molecule has 10 heteroatoms. The Kier molecular flexibility index (Phi) is 8.05. The molecule has 0 saturated carbocycles. The molecular formula is C28H27N7O3. The summed E-state index contributed by atoms with van der Waals surface area (Å²) in [4.78, 5) is 41.4. The molecule has 38 heavy (non-hydrogen) atoms. The van der Waals surface area contributed by atoms with E-state index in [0.717, 1.165) is 39.5 Å². The highest BCUT2D eigenvalue weighted by molar-refractivity contribution is 5.98. The highest BCUT2D eigenvalue weighted by atomic mass is 16.2. The van der Waals surface area contributed by atoms with Crippen LogP contribution in [0.1, 0.15) is 37.7 Å². The van der Waals surface area contributed by atoms with Crippen molar-refractivity contribution in [1.29, 1.82) is 0 Å². The molecule has 1 unspecified atom stereocenters. The van der Waals surface area contributed by atoms with Crippen LogP contribution >= 0.6 is 0 Å². The number of fused-ring (bicyclic) bond motifs is 2. The zero-order valence-corrected chi connectivity index (χ0v) is 21.2. The minimum atomic E-state index is -0.115. The maximum absolute atomic E-state index is 12.7. The molecule has 5 aromatic rings. The van der Waals surface area contributed by atoms with E-state index in [9.17, 15) is 4.79 Å². The number of H-pyrrole nitrogens is 2.